The Kier molecular flexibility index (Phi) is 7.96. The van der Waals surface area contributed by atoms with Crippen LogP contribution in [0.2, 0.25) is 0 Å². The molecule has 3 N–H and O–H groups in total. The highest BCUT2D eigenvalue weighted by molar-refractivity contribution is 7.89. The van der Waals surface area contributed by atoms with Crippen molar-refractivity contribution in [3.8, 4) is 0 Å². The molecule has 0 saturated heterocycles. The molecular formula is C21H28N4O4S. The van der Waals surface area contributed by atoms with Crippen molar-refractivity contribution in [2.24, 2.45) is 0 Å². The first-order valence-corrected chi connectivity index (χ1v) is 11.2. The fourth-order valence-electron chi connectivity index (χ4n) is 2.85. The number of hydrogen-bond donors (Lipinski definition) is 3. The lowest BCUT2D eigenvalue weighted by atomic mass is 10.1. The third-order valence-corrected chi connectivity index (χ3v) is 6.74. The van der Waals surface area contributed by atoms with Gasteiger partial charge in [-0.2, -0.15) is 4.31 Å². The van der Waals surface area contributed by atoms with Crippen LogP contribution in [0.4, 0.5) is 4.79 Å². The first-order valence-electron chi connectivity index (χ1n) is 9.72. The normalized spacial score (nSPS) is 12.3. The van der Waals surface area contributed by atoms with Crippen molar-refractivity contribution in [3.63, 3.8) is 0 Å². The molecule has 3 amide bonds. The van der Waals surface area contributed by atoms with E-state index >= 15 is 0 Å². The number of sulfonamides is 1. The van der Waals surface area contributed by atoms with Crippen molar-refractivity contribution in [2.75, 3.05) is 13.1 Å². The van der Waals surface area contributed by atoms with Crippen molar-refractivity contribution < 1.29 is 18.0 Å². The number of carbonyl (C=O) groups excluding carboxylic acids is 2. The molecule has 2 aromatic rings. The molecule has 1 unspecified atom stereocenters. The maximum Gasteiger partial charge on any atom is 0.333 e. The van der Waals surface area contributed by atoms with Gasteiger partial charge in [-0.1, -0.05) is 43.7 Å². The number of hydrazine groups is 1. The zero-order valence-electron chi connectivity index (χ0n) is 17.6. The zero-order chi connectivity index (χ0) is 22.3. The summed E-state index contributed by atoms with van der Waals surface area (Å²) in [5, 5.41) is 2.69. The van der Waals surface area contributed by atoms with Gasteiger partial charge in [0.2, 0.25) is 10.0 Å². The molecule has 8 nitrogen and oxygen atoms in total. The van der Waals surface area contributed by atoms with Gasteiger partial charge >= 0.3 is 6.03 Å². The van der Waals surface area contributed by atoms with Gasteiger partial charge in [0.1, 0.15) is 0 Å². The standard InChI is InChI=1S/C21H28N4O4S/c1-5-25(6-2)30(28,29)19-13-11-17(12-14-19)16(4)22-21(27)24-23-20(26)18-9-7-15(3)8-10-18/h7-14,16H,5-6H2,1-4H3,(H,23,26)(H2,22,24,27). The van der Waals surface area contributed by atoms with E-state index in [1.807, 2.05) is 6.92 Å². The Morgan fingerprint density at radius 1 is 0.933 bits per heavy atom. The van der Waals surface area contributed by atoms with Crippen molar-refractivity contribution in [3.05, 3.63) is 65.2 Å². The lowest BCUT2D eigenvalue weighted by molar-refractivity contribution is 0.0936. The van der Waals surface area contributed by atoms with Gasteiger partial charge in [0.05, 0.1) is 10.9 Å². The van der Waals surface area contributed by atoms with E-state index in [4.69, 9.17) is 0 Å². The second-order valence-corrected chi connectivity index (χ2v) is 8.74. The number of carbonyl (C=O) groups is 2. The number of aryl methyl sites for hydroxylation is 1. The molecule has 0 aliphatic carbocycles. The largest absolute Gasteiger partial charge is 0.333 e. The first-order chi connectivity index (χ1) is 14.2. The average molecular weight is 433 g/mol. The molecular weight excluding hydrogens is 404 g/mol. The summed E-state index contributed by atoms with van der Waals surface area (Å²) in [6.07, 6.45) is 0. The molecule has 0 aliphatic heterocycles. The number of hydrogen-bond acceptors (Lipinski definition) is 4. The van der Waals surface area contributed by atoms with Crippen LogP contribution < -0.4 is 16.2 Å². The molecule has 1 atom stereocenters. The van der Waals surface area contributed by atoms with Gasteiger partial charge < -0.3 is 5.32 Å². The molecule has 0 aliphatic rings. The Labute approximate surface area is 177 Å². The quantitative estimate of drug-likeness (QED) is 0.585. The second kappa shape index (κ2) is 10.2. The molecule has 0 radical (unpaired) electrons. The molecule has 2 rings (SSSR count). The van der Waals surface area contributed by atoms with Crippen LogP contribution in [0.25, 0.3) is 0 Å². The van der Waals surface area contributed by atoms with Crippen molar-refractivity contribution in [1.29, 1.82) is 0 Å². The van der Waals surface area contributed by atoms with Gasteiger partial charge in [-0.05, 0) is 43.7 Å². The molecule has 0 bridgehead atoms. The highest BCUT2D eigenvalue weighted by atomic mass is 32.2. The number of benzene rings is 2. The minimum absolute atomic E-state index is 0.206. The number of rotatable bonds is 7. The minimum Gasteiger partial charge on any atom is -0.330 e. The summed E-state index contributed by atoms with van der Waals surface area (Å²) in [7, 11) is -3.53. The predicted octanol–water partition coefficient (Wildman–Crippen LogP) is 2.73. The van der Waals surface area contributed by atoms with E-state index in [2.05, 4.69) is 16.2 Å². The zero-order valence-corrected chi connectivity index (χ0v) is 18.4. The van der Waals surface area contributed by atoms with Crippen LogP contribution in [0.3, 0.4) is 0 Å². The van der Waals surface area contributed by atoms with E-state index in [0.29, 0.717) is 18.7 Å². The Hall–Kier alpha value is -2.91. The summed E-state index contributed by atoms with van der Waals surface area (Å²) >= 11 is 0. The van der Waals surface area contributed by atoms with Gasteiger partial charge in [0, 0.05) is 18.7 Å². The van der Waals surface area contributed by atoms with Crippen LogP contribution in [-0.4, -0.2) is 37.8 Å². The summed E-state index contributed by atoms with van der Waals surface area (Å²) in [6, 6.07) is 12.3. The topological polar surface area (TPSA) is 108 Å². The van der Waals surface area contributed by atoms with Crippen LogP contribution in [-0.2, 0) is 10.0 Å². The van der Waals surface area contributed by atoms with Gasteiger partial charge in [0.25, 0.3) is 5.91 Å². The van der Waals surface area contributed by atoms with Gasteiger partial charge in [0.15, 0.2) is 0 Å². The Morgan fingerprint density at radius 3 is 2.03 bits per heavy atom. The Balaban J connectivity index is 1.93. The van der Waals surface area contributed by atoms with Crippen LogP contribution in [0, 0.1) is 6.92 Å². The van der Waals surface area contributed by atoms with Gasteiger partial charge in [-0.15, -0.1) is 0 Å². The van der Waals surface area contributed by atoms with Crippen LogP contribution in [0.15, 0.2) is 53.4 Å². The van der Waals surface area contributed by atoms with Crippen molar-refractivity contribution in [1.82, 2.24) is 20.5 Å². The smallest absolute Gasteiger partial charge is 0.330 e. The molecule has 30 heavy (non-hydrogen) atoms. The lowest BCUT2D eigenvalue weighted by Gasteiger charge is -2.19. The lowest BCUT2D eigenvalue weighted by Crippen LogP contribution is -2.47. The van der Waals surface area contributed by atoms with Crippen LogP contribution in [0.1, 0.15) is 48.3 Å². The van der Waals surface area contributed by atoms with Crippen molar-refractivity contribution in [2.45, 2.75) is 38.6 Å². The average Bonchev–Trinajstić information content (AvgIpc) is 2.73. The maximum absolute atomic E-state index is 12.5. The van der Waals surface area contributed by atoms with Crippen LogP contribution >= 0.6 is 0 Å². The first kappa shape index (κ1) is 23.4. The third-order valence-electron chi connectivity index (χ3n) is 4.67. The highest BCUT2D eigenvalue weighted by Gasteiger charge is 2.21. The fourth-order valence-corrected chi connectivity index (χ4v) is 4.31. The van der Waals surface area contributed by atoms with Crippen LogP contribution in [0.5, 0.6) is 0 Å². The predicted molar refractivity (Wildman–Crippen MR) is 115 cm³/mol. The summed E-state index contributed by atoms with van der Waals surface area (Å²) in [5.41, 5.74) is 6.84. The Morgan fingerprint density at radius 2 is 1.50 bits per heavy atom. The van der Waals surface area contributed by atoms with Gasteiger partial charge in [-0.25, -0.2) is 18.6 Å². The summed E-state index contributed by atoms with van der Waals surface area (Å²) < 4.78 is 26.5. The third kappa shape index (κ3) is 5.80. The highest BCUT2D eigenvalue weighted by Crippen LogP contribution is 2.19. The monoisotopic (exact) mass is 432 g/mol. The maximum atomic E-state index is 12.5. The summed E-state index contributed by atoms with van der Waals surface area (Å²) in [5.74, 6) is -0.427. The van der Waals surface area contributed by atoms with E-state index in [9.17, 15) is 18.0 Å². The van der Waals surface area contributed by atoms with E-state index in [-0.39, 0.29) is 4.90 Å². The number of nitrogens with zero attached hydrogens (tertiary/aromatic N) is 1. The van der Waals surface area contributed by atoms with E-state index in [1.165, 1.54) is 16.4 Å². The molecule has 9 heteroatoms. The minimum atomic E-state index is -3.53. The fraction of sp³-hybridized carbons (Fsp3) is 0.333. The number of urea groups is 1. The van der Waals surface area contributed by atoms with E-state index < -0.39 is 28.0 Å². The summed E-state index contributed by atoms with van der Waals surface area (Å²) in [4.78, 5) is 24.3. The number of nitrogens with one attached hydrogen (secondary N) is 3. The number of amides is 3. The van der Waals surface area contributed by atoms with E-state index in [1.54, 1.807) is 57.2 Å². The molecule has 0 fully saturated rings. The summed E-state index contributed by atoms with van der Waals surface area (Å²) in [6.45, 7) is 8.05. The van der Waals surface area contributed by atoms with Crippen molar-refractivity contribution >= 4 is 22.0 Å². The molecule has 0 saturated carbocycles. The second-order valence-electron chi connectivity index (χ2n) is 6.80. The molecule has 0 spiro atoms. The van der Waals surface area contributed by atoms with E-state index in [0.717, 1.165) is 11.1 Å². The SMILES string of the molecule is CCN(CC)S(=O)(=O)c1ccc(C(C)NC(=O)NNC(=O)c2ccc(C)cc2)cc1. The molecule has 2 aromatic carbocycles. The van der Waals surface area contributed by atoms with Gasteiger partial charge in [-0.3, -0.25) is 10.2 Å². The Bertz CT molecular complexity index is 969. The molecule has 0 aromatic heterocycles. The molecule has 162 valence electrons. The molecule has 0 heterocycles.